The minimum absolute atomic E-state index is 0.550. The van der Waals surface area contributed by atoms with Gasteiger partial charge in [0.2, 0.25) is 11.7 Å². The van der Waals surface area contributed by atoms with Crippen LogP contribution in [0.5, 0.6) is 0 Å². The van der Waals surface area contributed by atoms with Crippen molar-refractivity contribution in [3.63, 3.8) is 0 Å². The van der Waals surface area contributed by atoms with Crippen molar-refractivity contribution in [1.82, 2.24) is 20.8 Å². The largest absolute Gasteiger partial charge is 0.357 e. The van der Waals surface area contributed by atoms with Crippen molar-refractivity contribution in [3.05, 3.63) is 35.2 Å². The molecule has 1 aliphatic rings. The lowest BCUT2D eigenvalue weighted by atomic mass is 10.2. The first-order valence-electron chi connectivity index (χ1n) is 7.88. The number of hydrogen-bond donors (Lipinski definition) is 2. The molecule has 1 aromatic heterocycles. The summed E-state index contributed by atoms with van der Waals surface area (Å²) in [6.45, 7) is 3.50. The van der Waals surface area contributed by atoms with E-state index in [1.165, 1.54) is 12.8 Å². The van der Waals surface area contributed by atoms with Gasteiger partial charge in [0, 0.05) is 29.6 Å². The predicted octanol–water partition coefficient (Wildman–Crippen LogP) is 2.65. The minimum Gasteiger partial charge on any atom is -0.357 e. The summed E-state index contributed by atoms with van der Waals surface area (Å²) in [4.78, 5) is 8.92. The second-order valence-electron chi connectivity index (χ2n) is 5.45. The highest BCUT2D eigenvalue weighted by atomic mass is 35.5. The Hall–Kier alpha value is -2.08. The number of guanidine groups is 1. The van der Waals surface area contributed by atoms with Crippen molar-refractivity contribution >= 4 is 17.6 Å². The third-order valence-corrected chi connectivity index (χ3v) is 3.64. The zero-order chi connectivity index (χ0) is 16.1. The van der Waals surface area contributed by atoms with Crippen molar-refractivity contribution in [3.8, 4) is 11.4 Å². The van der Waals surface area contributed by atoms with Crippen LogP contribution in [0.1, 0.15) is 25.7 Å². The van der Waals surface area contributed by atoms with E-state index in [1.807, 2.05) is 24.3 Å². The number of hydrogen-bond acceptors (Lipinski definition) is 4. The monoisotopic (exact) mass is 333 g/mol. The number of nitrogens with one attached hydrogen (secondary N) is 2. The van der Waals surface area contributed by atoms with Gasteiger partial charge in [-0.15, -0.1) is 0 Å². The molecular weight excluding hydrogens is 314 g/mol. The fourth-order valence-corrected chi connectivity index (χ4v) is 2.30. The zero-order valence-corrected chi connectivity index (χ0v) is 13.8. The normalized spacial score (nSPS) is 14.8. The summed E-state index contributed by atoms with van der Waals surface area (Å²) in [6, 6.07) is 7.98. The Morgan fingerprint density at radius 3 is 3.04 bits per heavy atom. The van der Waals surface area contributed by atoms with Crippen LogP contribution in [0.15, 0.2) is 33.8 Å². The highest BCUT2D eigenvalue weighted by Crippen LogP contribution is 2.20. The number of benzene rings is 1. The van der Waals surface area contributed by atoms with Gasteiger partial charge in [-0.25, -0.2) is 0 Å². The summed E-state index contributed by atoms with van der Waals surface area (Å²) < 4.78 is 5.28. The number of aliphatic imine (C=N–C) groups is 1. The Labute approximate surface area is 140 Å². The molecule has 23 heavy (non-hydrogen) atoms. The Morgan fingerprint density at radius 2 is 2.30 bits per heavy atom. The van der Waals surface area contributed by atoms with E-state index in [1.54, 1.807) is 0 Å². The van der Waals surface area contributed by atoms with Crippen molar-refractivity contribution in [1.29, 1.82) is 0 Å². The van der Waals surface area contributed by atoms with E-state index in [9.17, 15) is 0 Å². The summed E-state index contributed by atoms with van der Waals surface area (Å²) in [7, 11) is 0. The lowest BCUT2D eigenvalue weighted by Gasteiger charge is -2.09. The van der Waals surface area contributed by atoms with E-state index < -0.39 is 0 Å². The highest BCUT2D eigenvalue weighted by Gasteiger charge is 2.22. The van der Waals surface area contributed by atoms with Crippen LogP contribution in [-0.4, -0.2) is 35.2 Å². The van der Waals surface area contributed by atoms with Crippen LogP contribution < -0.4 is 10.6 Å². The molecule has 1 aromatic carbocycles. The first-order valence-corrected chi connectivity index (χ1v) is 8.26. The molecule has 0 unspecified atom stereocenters. The zero-order valence-electron chi connectivity index (χ0n) is 13.1. The van der Waals surface area contributed by atoms with Crippen LogP contribution in [0.4, 0.5) is 0 Å². The lowest BCUT2D eigenvalue weighted by molar-refractivity contribution is 0.380. The third kappa shape index (κ3) is 4.69. The first kappa shape index (κ1) is 15.8. The second kappa shape index (κ2) is 7.46. The average molecular weight is 334 g/mol. The number of rotatable bonds is 6. The van der Waals surface area contributed by atoms with Crippen LogP contribution in [0.2, 0.25) is 5.02 Å². The number of aromatic nitrogens is 2. The topological polar surface area (TPSA) is 75.3 Å². The molecule has 0 aliphatic heterocycles. The molecule has 2 N–H and O–H groups in total. The van der Waals surface area contributed by atoms with Crippen LogP contribution >= 0.6 is 11.6 Å². The molecule has 2 aromatic rings. The van der Waals surface area contributed by atoms with Crippen molar-refractivity contribution in [2.45, 2.75) is 32.2 Å². The van der Waals surface area contributed by atoms with Gasteiger partial charge < -0.3 is 15.2 Å². The summed E-state index contributed by atoms with van der Waals surface area (Å²) in [5.41, 5.74) is 0.847. The van der Waals surface area contributed by atoms with Crippen LogP contribution in [-0.2, 0) is 6.42 Å². The molecular formula is C16H20ClN5O. The average Bonchev–Trinajstić information content (AvgIpc) is 3.22. The first-order chi connectivity index (χ1) is 11.2. The van der Waals surface area contributed by atoms with E-state index in [0.717, 1.165) is 18.1 Å². The quantitative estimate of drug-likeness (QED) is 0.628. The maximum atomic E-state index is 5.98. The Kier molecular flexibility index (Phi) is 5.12. The van der Waals surface area contributed by atoms with E-state index in [2.05, 4.69) is 32.7 Å². The van der Waals surface area contributed by atoms with Gasteiger partial charge in [0.05, 0.1) is 6.54 Å². The van der Waals surface area contributed by atoms with E-state index >= 15 is 0 Å². The Morgan fingerprint density at radius 1 is 1.43 bits per heavy atom. The van der Waals surface area contributed by atoms with Crippen LogP contribution in [0.25, 0.3) is 11.4 Å². The molecule has 0 bridgehead atoms. The number of nitrogens with zero attached hydrogens (tertiary/aromatic N) is 3. The molecule has 1 fully saturated rings. The molecule has 1 saturated carbocycles. The van der Waals surface area contributed by atoms with Gasteiger partial charge in [-0.3, -0.25) is 4.99 Å². The van der Waals surface area contributed by atoms with E-state index in [0.29, 0.717) is 35.7 Å². The van der Waals surface area contributed by atoms with E-state index in [4.69, 9.17) is 16.1 Å². The molecule has 7 heteroatoms. The Bertz CT molecular complexity index is 681. The van der Waals surface area contributed by atoms with Gasteiger partial charge in [-0.1, -0.05) is 28.9 Å². The minimum atomic E-state index is 0.550. The predicted molar refractivity (Wildman–Crippen MR) is 90.6 cm³/mol. The number of halogens is 1. The fourth-order valence-electron chi connectivity index (χ4n) is 2.11. The molecule has 0 amide bonds. The second-order valence-corrected chi connectivity index (χ2v) is 5.89. The summed E-state index contributed by atoms with van der Waals surface area (Å²) in [5.74, 6) is 1.98. The van der Waals surface area contributed by atoms with Gasteiger partial charge in [-0.2, -0.15) is 4.98 Å². The van der Waals surface area contributed by atoms with Crippen LogP contribution in [0, 0.1) is 0 Å². The molecule has 0 radical (unpaired) electrons. The molecule has 0 spiro atoms. The molecule has 0 atom stereocenters. The van der Waals surface area contributed by atoms with Crippen molar-refractivity contribution < 1.29 is 4.52 Å². The SMILES string of the molecule is CCNC(=NCCc1nc(-c2cccc(Cl)c2)no1)NC1CC1. The van der Waals surface area contributed by atoms with Gasteiger partial charge >= 0.3 is 0 Å². The highest BCUT2D eigenvalue weighted by molar-refractivity contribution is 6.30. The standard InChI is InChI=1S/C16H20ClN5O/c1-2-18-16(20-13-6-7-13)19-9-8-14-21-15(22-23-14)11-4-3-5-12(17)10-11/h3-5,10,13H,2,6-9H2,1H3,(H2,18,19,20). The van der Waals surface area contributed by atoms with Gasteiger partial charge in [-0.05, 0) is 31.9 Å². The fraction of sp³-hybridized carbons (Fsp3) is 0.438. The Balaban J connectivity index is 1.58. The molecule has 0 saturated heterocycles. The maximum Gasteiger partial charge on any atom is 0.228 e. The molecule has 3 rings (SSSR count). The molecule has 6 nitrogen and oxygen atoms in total. The van der Waals surface area contributed by atoms with E-state index in [-0.39, 0.29) is 0 Å². The summed E-state index contributed by atoms with van der Waals surface area (Å²) >= 11 is 5.98. The molecule has 122 valence electrons. The van der Waals surface area contributed by atoms with Crippen molar-refractivity contribution in [2.24, 2.45) is 4.99 Å². The van der Waals surface area contributed by atoms with Gasteiger partial charge in [0.15, 0.2) is 5.96 Å². The maximum absolute atomic E-state index is 5.98. The van der Waals surface area contributed by atoms with Crippen LogP contribution in [0.3, 0.4) is 0 Å². The smallest absolute Gasteiger partial charge is 0.228 e. The molecule has 1 aliphatic carbocycles. The third-order valence-electron chi connectivity index (χ3n) is 3.41. The summed E-state index contributed by atoms with van der Waals surface area (Å²) in [5, 5.41) is 11.3. The lowest BCUT2D eigenvalue weighted by Crippen LogP contribution is -2.38. The molecule has 1 heterocycles. The summed E-state index contributed by atoms with van der Waals surface area (Å²) in [6.07, 6.45) is 3.04. The van der Waals surface area contributed by atoms with Gasteiger partial charge in [0.1, 0.15) is 0 Å². The van der Waals surface area contributed by atoms with Gasteiger partial charge in [0.25, 0.3) is 0 Å². The van der Waals surface area contributed by atoms with Crippen molar-refractivity contribution in [2.75, 3.05) is 13.1 Å².